The second-order valence-corrected chi connectivity index (χ2v) is 8.36. The van der Waals surface area contributed by atoms with E-state index in [0.29, 0.717) is 22.4 Å². The van der Waals surface area contributed by atoms with Crippen molar-refractivity contribution in [2.24, 2.45) is 7.05 Å². The Morgan fingerprint density at radius 1 is 1.09 bits per heavy atom. The summed E-state index contributed by atoms with van der Waals surface area (Å²) in [6.07, 6.45) is 3.69. The smallest absolute Gasteiger partial charge is 0.251 e. The molecule has 0 unspecified atom stereocenters. The Morgan fingerprint density at radius 2 is 1.91 bits per heavy atom. The van der Waals surface area contributed by atoms with Gasteiger partial charge >= 0.3 is 0 Å². The van der Waals surface area contributed by atoms with Gasteiger partial charge in [0.25, 0.3) is 5.56 Å². The first-order valence-electron chi connectivity index (χ1n) is 10.7. The Kier molecular flexibility index (Phi) is 4.82. The number of pyridine rings is 1. The lowest BCUT2D eigenvalue weighted by Crippen LogP contribution is -2.36. The molecule has 0 bridgehead atoms. The Bertz CT molecular complexity index is 1490. The molecular formula is C25H24N6O2. The molecule has 1 N–H and O–H groups in total. The molecule has 0 fully saturated rings. The first kappa shape index (κ1) is 20.6. The van der Waals surface area contributed by atoms with E-state index < -0.39 is 0 Å². The predicted molar refractivity (Wildman–Crippen MR) is 129 cm³/mol. The quantitative estimate of drug-likeness (QED) is 0.522. The molecule has 5 rings (SSSR count). The maximum atomic E-state index is 12.3. The van der Waals surface area contributed by atoms with Crippen LogP contribution in [0.2, 0.25) is 0 Å². The number of hydrogen-bond donors (Lipinski definition) is 1. The number of nitrogens with one attached hydrogen (secondary N) is 1. The van der Waals surface area contributed by atoms with E-state index in [-0.39, 0.29) is 5.56 Å². The minimum absolute atomic E-state index is 0.117. The van der Waals surface area contributed by atoms with Crippen molar-refractivity contribution < 1.29 is 4.74 Å². The molecule has 0 saturated heterocycles. The molecule has 0 spiro atoms. The number of aromatic amines is 1. The number of fused-ring (bicyclic) bond motifs is 2. The number of H-pyrrole nitrogens is 1. The van der Waals surface area contributed by atoms with E-state index in [0.717, 1.165) is 46.7 Å². The van der Waals surface area contributed by atoms with Crippen molar-refractivity contribution in [1.29, 1.82) is 5.26 Å². The third-order valence-electron chi connectivity index (χ3n) is 6.24. The van der Waals surface area contributed by atoms with Crippen molar-refractivity contribution in [2.75, 3.05) is 37.0 Å². The van der Waals surface area contributed by atoms with Crippen LogP contribution in [0.4, 0.5) is 17.1 Å². The molecule has 2 aromatic carbocycles. The number of aryl methyl sites for hydroxylation is 2. The molecule has 33 heavy (non-hydrogen) atoms. The fourth-order valence-electron chi connectivity index (χ4n) is 4.44. The molecule has 4 aromatic rings. The van der Waals surface area contributed by atoms with Gasteiger partial charge in [-0.15, -0.1) is 0 Å². The van der Waals surface area contributed by atoms with Gasteiger partial charge in [-0.05, 0) is 25.1 Å². The van der Waals surface area contributed by atoms with Gasteiger partial charge < -0.3 is 19.5 Å². The van der Waals surface area contributed by atoms with Crippen LogP contribution in [0.1, 0.15) is 11.1 Å². The lowest BCUT2D eigenvalue weighted by molar-refractivity contribution is 0.415. The van der Waals surface area contributed by atoms with Crippen LogP contribution >= 0.6 is 0 Å². The summed E-state index contributed by atoms with van der Waals surface area (Å²) in [5, 5.41) is 15.2. The highest BCUT2D eigenvalue weighted by molar-refractivity contribution is 5.98. The molecule has 0 amide bonds. The van der Waals surface area contributed by atoms with Crippen LogP contribution in [0, 0.1) is 18.3 Å². The van der Waals surface area contributed by atoms with E-state index in [1.807, 2.05) is 37.5 Å². The standard InChI is InChI=1S/C25H24N6O2/c1-15-7-20-21(28-25(15)32)9-18(33-4)10-22(20)31-6-5-29(2)23-11-19(16(12-26)8-24(23)31)17-13-27-30(3)14-17/h7-11,13-14H,5-6H2,1-4H3,(H,28,32). The molecule has 0 atom stereocenters. The predicted octanol–water partition coefficient (Wildman–Crippen LogP) is 3.71. The average Bonchev–Trinajstić information content (AvgIpc) is 3.25. The van der Waals surface area contributed by atoms with Gasteiger partial charge in [0, 0.05) is 67.6 Å². The first-order chi connectivity index (χ1) is 15.9. The van der Waals surface area contributed by atoms with Crippen LogP contribution in [0.25, 0.3) is 22.0 Å². The lowest BCUT2D eigenvalue weighted by atomic mass is 9.98. The molecule has 2 aromatic heterocycles. The van der Waals surface area contributed by atoms with Crippen molar-refractivity contribution in [2.45, 2.75) is 6.92 Å². The summed E-state index contributed by atoms with van der Waals surface area (Å²) in [6, 6.07) is 12.1. The Morgan fingerprint density at radius 3 is 2.61 bits per heavy atom. The highest BCUT2D eigenvalue weighted by Crippen LogP contribution is 2.44. The number of ether oxygens (including phenoxy) is 1. The van der Waals surface area contributed by atoms with Gasteiger partial charge in [-0.2, -0.15) is 10.4 Å². The fourth-order valence-corrected chi connectivity index (χ4v) is 4.44. The summed E-state index contributed by atoms with van der Waals surface area (Å²) in [4.78, 5) is 19.6. The van der Waals surface area contributed by atoms with Crippen LogP contribution in [0.15, 0.2) is 47.5 Å². The minimum atomic E-state index is -0.117. The number of benzene rings is 2. The molecule has 0 aliphatic carbocycles. The Labute approximate surface area is 191 Å². The molecular weight excluding hydrogens is 416 g/mol. The first-order valence-corrected chi connectivity index (χ1v) is 10.7. The van der Waals surface area contributed by atoms with Gasteiger partial charge in [0.1, 0.15) is 5.75 Å². The molecule has 3 heterocycles. The summed E-state index contributed by atoms with van der Waals surface area (Å²) in [5.41, 5.74) is 6.47. The van der Waals surface area contributed by atoms with Crippen LogP contribution < -0.4 is 20.1 Å². The van der Waals surface area contributed by atoms with Crippen LogP contribution in [0.5, 0.6) is 5.75 Å². The van der Waals surface area contributed by atoms with Crippen molar-refractivity contribution >= 4 is 28.0 Å². The molecule has 0 radical (unpaired) electrons. The molecule has 8 nitrogen and oxygen atoms in total. The van der Waals surface area contributed by atoms with Gasteiger partial charge in [0.2, 0.25) is 0 Å². The van der Waals surface area contributed by atoms with E-state index in [1.165, 1.54) is 0 Å². The van der Waals surface area contributed by atoms with Crippen LogP contribution in [-0.4, -0.2) is 42.0 Å². The van der Waals surface area contributed by atoms with E-state index in [2.05, 4.69) is 39.1 Å². The van der Waals surface area contributed by atoms with Gasteiger partial charge in [0.15, 0.2) is 0 Å². The summed E-state index contributed by atoms with van der Waals surface area (Å²) >= 11 is 0. The maximum absolute atomic E-state index is 12.3. The zero-order chi connectivity index (χ0) is 23.3. The summed E-state index contributed by atoms with van der Waals surface area (Å²) in [7, 11) is 5.53. The number of aromatic nitrogens is 3. The SMILES string of the molecule is COc1cc(N2CCN(C)c3cc(-c4cnn(C)c4)c(C#N)cc32)c2cc(C)c(=O)[nH]c2c1. The van der Waals surface area contributed by atoms with Gasteiger partial charge in [0.05, 0.1) is 47.5 Å². The number of anilines is 3. The number of rotatable bonds is 3. The molecule has 8 heteroatoms. The van der Waals surface area contributed by atoms with Crippen molar-refractivity contribution in [1.82, 2.24) is 14.8 Å². The number of methoxy groups -OCH3 is 1. The number of likely N-dealkylation sites (N-methyl/N-ethyl adjacent to an activating group) is 1. The number of nitrogens with zero attached hydrogens (tertiary/aromatic N) is 5. The molecule has 1 aliphatic heterocycles. The topological polar surface area (TPSA) is 90.2 Å². The second kappa shape index (κ2) is 7.71. The average molecular weight is 441 g/mol. The minimum Gasteiger partial charge on any atom is -0.497 e. The van der Waals surface area contributed by atoms with E-state index in [9.17, 15) is 10.1 Å². The highest BCUT2D eigenvalue weighted by Gasteiger charge is 2.26. The van der Waals surface area contributed by atoms with Crippen molar-refractivity contribution in [3.63, 3.8) is 0 Å². The normalized spacial score (nSPS) is 13.2. The summed E-state index contributed by atoms with van der Waals surface area (Å²) < 4.78 is 7.27. The Hall–Kier alpha value is -4.25. The van der Waals surface area contributed by atoms with Crippen LogP contribution in [-0.2, 0) is 7.05 Å². The van der Waals surface area contributed by atoms with Crippen LogP contribution in [0.3, 0.4) is 0 Å². The molecule has 0 saturated carbocycles. The van der Waals surface area contributed by atoms with Gasteiger partial charge in [-0.3, -0.25) is 9.48 Å². The fraction of sp³-hybridized carbons (Fsp3) is 0.240. The largest absolute Gasteiger partial charge is 0.497 e. The van der Waals surface area contributed by atoms with Crippen molar-refractivity contribution in [3.8, 4) is 22.9 Å². The second-order valence-electron chi connectivity index (χ2n) is 8.36. The maximum Gasteiger partial charge on any atom is 0.251 e. The molecule has 1 aliphatic rings. The number of nitriles is 1. The summed E-state index contributed by atoms with van der Waals surface area (Å²) in [6.45, 7) is 3.33. The zero-order valence-electron chi connectivity index (χ0n) is 19.0. The van der Waals surface area contributed by atoms with Crippen molar-refractivity contribution in [3.05, 3.63) is 64.2 Å². The van der Waals surface area contributed by atoms with E-state index in [1.54, 1.807) is 24.9 Å². The highest BCUT2D eigenvalue weighted by atomic mass is 16.5. The van der Waals surface area contributed by atoms with Gasteiger partial charge in [-0.25, -0.2) is 0 Å². The Balaban J connectivity index is 1.76. The lowest BCUT2D eigenvalue weighted by Gasteiger charge is -2.38. The third-order valence-corrected chi connectivity index (χ3v) is 6.24. The van der Waals surface area contributed by atoms with E-state index in [4.69, 9.17) is 4.74 Å². The zero-order valence-corrected chi connectivity index (χ0v) is 19.0. The summed E-state index contributed by atoms with van der Waals surface area (Å²) in [5.74, 6) is 0.657. The molecule has 166 valence electrons. The monoisotopic (exact) mass is 440 g/mol. The van der Waals surface area contributed by atoms with E-state index >= 15 is 0 Å². The number of hydrogen-bond acceptors (Lipinski definition) is 6. The third kappa shape index (κ3) is 3.38. The van der Waals surface area contributed by atoms with Gasteiger partial charge in [-0.1, -0.05) is 0 Å².